The summed E-state index contributed by atoms with van der Waals surface area (Å²) in [6.07, 6.45) is 2.05. The standard InChI is InChI=1S/C12H19N3O3/c1-12(2,6-8-16)14-11(18)13-9-5-4-7-15(3)10(9)17/h4-5,7,16H,6,8H2,1-3H3,(H2,13,14,18). The number of carbonyl (C=O) groups excluding carboxylic acids is 1. The van der Waals surface area contributed by atoms with Gasteiger partial charge in [0.05, 0.1) is 0 Å². The molecule has 0 bridgehead atoms. The van der Waals surface area contributed by atoms with Gasteiger partial charge in [0.2, 0.25) is 0 Å². The van der Waals surface area contributed by atoms with Crippen LogP contribution in [0.5, 0.6) is 0 Å². The topological polar surface area (TPSA) is 83.4 Å². The summed E-state index contributed by atoms with van der Waals surface area (Å²) in [5, 5.41) is 14.1. The fourth-order valence-corrected chi connectivity index (χ4v) is 1.50. The highest BCUT2D eigenvalue weighted by Gasteiger charge is 2.20. The first-order valence-corrected chi connectivity index (χ1v) is 5.71. The van der Waals surface area contributed by atoms with Crippen molar-refractivity contribution >= 4 is 11.7 Å². The number of aliphatic hydroxyl groups excluding tert-OH is 1. The minimum absolute atomic E-state index is 0.0135. The predicted molar refractivity (Wildman–Crippen MR) is 69.6 cm³/mol. The molecule has 0 aliphatic heterocycles. The Bertz CT molecular complexity index is 480. The quantitative estimate of drug-likeness (QED) is 0.737. The summed E-state index contributed by atoms with van der Waals surface area (Å²) in [6.45, 7) is 3.58. The second-order valence-corrected chi connectivity index (χ2v) is 4.77. The summed E-state index contributed by atoms with van der Waals surface area (Å²) in [7, 11) is 1.61. The van der Waals surface area contributed by atoms with Crippen molar-refractivity contribution in [3.63, 3.8) is 0 Å². The molecular formula is C12H19N3O3. The van der Waals surface area contributed by atoms with E-state index in [1.165, 1.54) is 4.57 Å². The second kappa shape index (κ2) is 5.68. The first-order valence-electron chi connectivity index (χ1n) is 5.71. The molecule has 6 nitrogen and oxygen atoms in total. The molecule has 6 heteroatoms. The van der Waals surface area contributed by atoms with Crippen molar-refractivity contribution < 1.29 is 9.90 Å². The molecule has 0 aromatic carbocycles. The Hall–Kier alpha value is -1.82. The van der Waals surface area contributed by atoms with E-state index in [0.717, 1.165) is 0 Å². The van der Waals surface area contributed by atoms with Crippen LogP contribution in [0.3, 0.4) is 0 Å². The fourth-order valence-electron chi connectivity index (χ4n) is 1.50. The number of amides is 2. The maximum atomic E-state index is 11.7. The van der Waals surface area contributed by atoms with E-state index in [0.29, 0.717) is 6.42 Å². The highest BCUT2D eigenvalue weighted by Crippen LogP contribution is 2.07. The third-order valence-electron chi connectivity index (χ3n) is 2.56. The maximum absolute atomic E-state index is 11.7. The van der Waals surface area contributed by atoms with Gasteiger partial charge in [-0.15, -0.1) is 0 Å². The zero-order valence-corrected chi connectivity index (χ0v) is 10.9. The summed E-state index contributed by atoms with van der Waals surface area (Å²) >= 11 is 0. The van der Waals surface area contributed by atoms with Gasteiger partial charge in [0, 0.05) is 25.4 Å². The SMILES string of the molecule is Cn1cccc(NC(=O)NC(C)(C)CCO)c1=O. The lowest BCUT2D eigenvalue weighted by Crippen LogP contribution is -2.46. The molecule has 1 rings (SSSR count). The Morgan fingerprint density at radius 2 is 2.17 bits per heavy atom. The predicted octanol–water partition coefficient (Wildman–Crippen LogP) is 0.668. The molecule has 0 fully saturated rings. The van der Waals surface area contributed by atoms with E-state index in [-0.39, 0.29) is 17.9 Å². The molecule has 2 amide bonds. The van der Waals surface area contributed by atoms with Crippen LogP contribution >= 0.6 is 0 Å². The fraction of sp³-hybridized carbons (Fsp3) is 0.500. The van der Waals surface area contributed by atoms with Crippen LogP contribution in [0.1, 0.15) is 20.3 Å². The third-order valence-corrected chi connectivity index (χ3v) is 2.56. The Morgan fingerprint density at radius 1 is 1.50 bits per heavy atom. The Balaban J connectivity index is 2.71. The van der Waals surface area contributed by atoms with E-state index in [1.54, 1.807) is 39.2 Å². The Labute approximate surface area is 106 Å². The largest absolute Gasteiger partial charge is 0.396 e. The molecule has 0 saturated carbocycles. The van der Waals surface area contributed by atoms with Crippen molar-refractivity contribution in [2.75, 3.05) is 11.9 Å². The van der Waals surface area contributed by atoms with Crippen LogP contribution in [0.4, 0.5) is 10.5 Å². The lowest BCUT2D eigenvalue weighted by Gasteiger charge is -2.25. The number of aromatic nitrogens is 1. The molecule has 0 radical (unpaired) electrons. The summed E-state index contributed by atoms with van der Waals surface area (Å²) in [5.41, 5.74) is -0.580. The van der Waals surface area contributed by atoms with Crippen molar-refractivity contribution in [3.05, 3.63) is 28.7 Å². The van der Waals surface area contributed by atoms with Crippen LogP contribution in [-0.4, -0.2) is 27.9 Å². The number of anilines is 1. The number of rotatable bonds is 4. The van der Waals surface area contributed by atoms with Crippen LogP contribution in [0.2, 0.25) is 0 Å². The lowest BCUT2D eigenvalue weighted by molar-refractivity contribution is 0.218. The number of hydrogen-bond acceptors (Lipinski definition) is 3. The van der Waals surface area contributed by atoms with E-state index in [2.05, 4.69) is 10.6 Å². The summed E-state index contributed by atoms with van der Waals surface area (Å²) in [4.78, 5) is 23.4. The van der Waals surface area contributed by atoms with Gasteiger partial charge < -0.3 is 20.3 Å². The average Bonchev–Trinajstić information content (AvgIpc) is 2.23. The van der Waals surface area contributed by atoms with Crippen LogP contribution in [0, 0.1) is 0 Å². The van der Waals surface area contributed by atoms with Crippen LogP contribution < -0.4 is 16.2 Å². The maximum Gasteiger partial charge on any atom is 0.319 e. The number of nitrogens with zero attached hydrogens (tertiary/aromatic N) is 1. The summed E-state index contributed by atoms with van der Waals surface area (Å²) in [5.74, 6) is 0. The van der Waals surface area contributed by atoms with E-state index in [1.807, 2.05) is 0 Å². The molecule has 100 valence electrons. The molecule has 1 aromatic rings. The minimum Gasteiger partial charge on any atom is -0.396 e. The van der Waals surface area contributed by atoms with Crippen molar-refractivity contribution in [3.8, 4) is 0 Å². The van der Waals surface area contributed by atoms with Gasteiger partial charge in [-0.3, -0.25) is 4.79 Å². The zero-order chi connectivity index (χ0) is 13.8. The molecule has 0 atom stereocenters. The van der Waals surface area contributed by atoms with Gasteiger partial charge in [-0.2, -0.15) is 0 Å². The van der Waals surface area contributed by atoms with Crippen molar-refractivity contribution in [1.29, 1.82) is 0 Å². The molecule has 3 N–H and O–H groups in total. The molecular weight excluding hydrogens is 234 g/mol. The van der Waals surface area contributed by atoms with E-state index in [9.17, 15) is 9.59 Å². The van der Waals surface area contributed by atoms with E-state index >= 15 is 0 Å². The van der Waals surface area contributed by atoms with Crippen LogP contribution in [-0.2, 0) is 7.05 Å². The van der Waals surface area contributed by atoms with Crippen molar-refractivity contribution in [2.24, 2.45) is 7.05 Å². The van der Waals surface area contributed by atoms with Gasteiger partial charge in [0.15, 0.2) is 0 Å². The number of hydrogen-bond donors (Lipinski definition) is 3. The highest BCUT2D eigenvalue weighted by atomic mass is 16.3. The lowest BCUT2D eigenvalue weighted by atomic mass is 10.0. The molecule has 0 saturated heterocycles. The minimum atomic E-state index is -0.529. The Morgan fingerprint density at radius 3 is 2.78 bits per heavy atom. The molecule has 0 spiro atoms. The number of aryl methyl sites for hydroxylation is 1. The summed E-state index contributed by atoms with van der Waals surface area (Å²) < 4.78 is 1.38. The molecule has 0 aliphatic carbocycles. The van der Waals surface area contributed by atoms with Crippen LogP contribution in [0.15, 0.2) is 23.1 Å². The number of urea groups is 1. The van der Waals surface area contributed by atoms with Crippen molar-refractivity contribution in [2.45, 2.75) is 25.8 Å². The van der Waals surface area contributed by atoms with E-state index in [4.69, 9.17) is 5.11 Å². The van der Waals surface area contributed by atoms with Gasteiger partial charge >= 0.3 is 6.03 Å². The van der Waals surface area contributed by atoms with Gasteiger partial charge in [-0.25, -0.2) is 4.79 Å². The average molecular weight is 253 g/mol. The number of pyridine rings is 1. The van der Waals surface area contributed by atoms with E-state index < -0.39 is 11.6 Å². The first-order chi connectivity index (χ1) is 8.35. The number of carbonyl (C=O) groups is 1. The monoisotopic (exact) mass is 253 g/mol. The van der Waals surface area contributed by atoms with Gasteiger partial charge in [-0.1, -0.05) is 0 Å². The Kier molecular flexibility index (Phi) is 4.49. The second-order valence-electron chi connectivity index (χ2n) is 4.77. The van der Waals surface area contributed by atoms with Gasteiger partial charge in [0.25, 0.3) is 5.56 Å². The van der Waals surface area contributed by atoms with Gasteiger partial charge in [0.1, 0.15) is 5.69 Å². The summed E-state index contributed by atoms with van der Waals surface area (Å²) in [6, 6.07) is 2.76. The third kappa shape index (κ3) is 3.89. The smallest absolute Gasteiger partial charge is 0.319 e. The normalized spacial score (nSPS) is 11.1. The number of aliphatic hydroxyl groups is 1. The molecule has 1 heterocycles. The van der Waals surface area contributed by atoms with Crippen LogP contribution in [0.25, 0.3) is 0 Å². The molecule has 1 aromatic heterocycles. The first kappa shape index (κ1) is 14.2. The van der Waals surface area contributed by atoms with Crippen molar-refractivity contribution in [1.82, 2.24) is 9.88 Å². The molecule has 0 aliphatic rings. The number of nitrogens with one attached hydrogen (secondary N) is 2. The molecule has 18 heavy (non-hydrogen) atoms. The van der Waals surface area contributed by atoms with Gasteiger partial charge in [-0.05, 0) is 32.4 Å². The zero-order valence-electron chi connectivity index (χ0n) is 10.9. The highest BCUT2D eigenvalue weighted by molar-refractivity contribution is 5.89. The molecule has 0 unspecified atom stereocenters.